The Bertz CT molecular complexity index is 1080. The van der Waals surface area contributed by atoms with Crippen LogP contribution < -0.4 is 5.32 Å². The zero-order chi connectivity index (χ0) is 19.0. The third-order valence-corrected chi connectivity index (χ3v) is 4.33. The van der Waals surface area contributed by atoms with E-state index in [1.54, 1.807) is 25.4 Å². The van der Waals surface area contributed by atoms with Crippen LogP contribution in [-0.4, -0.2) is 32.4 Å². The van der Waals surface area contributed by atoms with Gasteiger partial charge >= 0.3 is 0 Å². The van der Waals surface area contributed by atoms with Crippen molar-refractivity contribution >= 4 is 11.5 Å². The van der Waals surface area contributed by atoms with Crippen LogP contribution in [-0.2, 0) is 6.54 Å². The highest BCUT2D eigenvalue weighted by Crippen LogP contribution is 2.32. The van der Waals surface area contributed by atoms with Gasteiger partial charge in [0.05, 0.1) is 30.5 Å². The quantitative estimate of drug-likeness (QED) is 0.569. The Hall–Kier alpha value is -3.29. The van der Waals surface area contributed by atoms with Crippen molar-refractivity contribution in [3.8, 4) is 22.5 Å². The lowest BCUT2D eigenvalue weighted by molar-refractivity contribution is 0.127. The van der Waals surface area contributed by atoms with E-state index >= 15 is 0 Å². The number of anilines is 1. The van der Waals surface area contributed by atoms with Gasteiger partial charge in [-0.1, -0.05) is 0 Å². The van der Waals surface area contributed by atoms with Gasteiger partial charge in [-0.15, -0.1) is 0 Å². The summed E-state index contributed by atoms with van der Waals surface area (Å²) >= 11 is 0. The summed E-state index contributed by atoms with van der Waals surface area (Å²) in [4.78, 5) is 8.61. The van der Waals surface area contributed by atoms with Crippen LogP contribution in [0.5, 0.6) is 0 Å². The molecule has 0 saturated carbocycles. The molecule has 0 amide bonds. The van der Waals surface area contributed by atoms with Crippen molar-refractivity contribution in [3.05, 3.63) is 60.9 Å². The van der Waals surface area contributed by atoms with Crippen LogP contribution in [0.2, 0.25) is 0 Å². The molecular weight excluding hydrogens is 355 g/mol. The maximum atomic E-state index is 13.3. The van der Waals surface area contributed by atoms with E-state index in [0.717, 1.165) is 11.5 Å². The third kappa shape index (κ3) is 3.14. The van der Waals surface area contributed by atoms with Gasteiger partial charge in [0.1, 0.15) is 17.3 Å². The molecule has 3 aromatic heterocycles. The van der Waals surface area contributed by atoms with Gasteiger partial charge in [-0.25, -0.2) is 23.1 Å². The van der Waals surface area contributed by atoms with E-state index in [9.17, 15) is 13.2 Å². The monoisotopic (exact) mass is 371 g/mol. The van der Waals surface area contributed by atoms with Crippen LogP contribution in [0.15, 0.2) is 55.1 Å². The third-order valence-electron chi connectivity index (χ3n) is 4.33. The van der Waals surface area contributed by atoms with Gasteiger partial charge in [0.2, 0.25) is 0 Å². The lowest BCUT2D eigenvalue weighted by Gasteiger charge is -2.11. The molecule has 0 fully saturated rings. The zero-order valence-corrected chi connectivity index (χ0v) is 14.4. The van der Waals surface area contributed by atoms with E-state index in [1.165, 1.54) is 23.0 Å². The number of hydrogen-bond donors (Lipinski definition) is 1. The molecule has 0 bridgehead atoms. The van der Waals surface area contributed by atoms with Crippen LogP contribution >= 0.6 is 0 Å². The summed E-state index contributed by atoms with van der Waals surface area (Å²) in [6, 6.07) is 9.44. The van der Waals surface area contributed by atoms with Crippen LogP contribution in [0.3, 0.4) is 0 Å². The van der Waals surface area contributed by atoms with Crippen molar-refractivity contribution in [2.24, 2.45) is 0 Å². The molecule has 0 aliphatic heterocycles. The van der Waals surface area contributed by atoms with Gasteiger partial charge in [-0.05, 0) is 36.4 Å². The van der Waals surface area contributed by atoms with E-state index in [-0.39, 0.29) is 5.82 Å². The number of aromatic nitrogens is 4. The van der Waals surface area contributed by atoms with E-state index < -0.39 is 13.0 Å². The number of rotatable bonds is 5. The van der Waals surface area contributed by atoms with E-state index in [2.05, 4.69) is 15.3 Å². The first-order valence-electron chi connectivity index (χ1n) is 8.31. The van der Waals surface area contributed by atoms with Crippen molar-refractivity contribution < 1.29 is 13.2 Å². The second-order valence-corrected chi connectivity index (χ2v) is 6.03. The highest BCUT2D eigenvalue weighted by Gasteiger charge is 2.18. The molecule has 5 nitrogen and oxygen atoms in total. The smallest absolute Gasteiger partial charge is 0.256 e. The van der Waals surface area contributed by atoms with E-state index in [1.807, 2.05) is 22.7 Å². The SMILES string of the molecule is CNc1cnc2ccc(-c3c(-c4ccc(F)cc4)ncn3CC(F)F)cn12. The molecule has 0 aliphatic rings. The molecule has 27 heavy (non-hydrogen) atoms. The van der Waals surface area contributed by atoms with Gasteiger partial charge in [0.15, 0.2) is 0 Å². The molecule has 0 spiro atoms. The number of halogens is 3. The molecule has 0 radical (unpaired) electrons. The minimum absolute atomic E-state index is 0.370. The number of nitrogens with one attached hydrogen (secondary N) is 1. The Morgan fingerprint density at radius 2 is 1.78 bits per heavy atom. The van der Waals surface area contributed by atoms with Gasteiger partial charge in [-0.3, -0.25) is 4.40 Å². The van der Waals surface area contributed by atoms with Gasteiger partial charge in [0, 0.05) is 24.4 Å². The fraction of sp³-hybridized carbons (Fsp3) is 0.158. The van der Waals surface area contributed by atoms with Crippen LogP contribution in [0, 0.1) is 5.82 Å². The Morgan fingerprint density at radius 3 is 2.48 bits per heavy atom. The maximum absolute atomic E-state index is 13.3. The summed E-state index contributed by atoms with van der Waals surface area (Å²) in [5.74, 6) is 0.404. The Kier molecular flexibility index (Phi) is 4.31. The van der Waals surface area contributed by atoms with Crippen molar-refractivity contribution in [2.75, 3.05) is 12.4 Å². The average Bonchev–Trinajstić information content (AvgIpc) is 3.25. The van der Waals surface area contributed by atoms with Crippen molar-refractivity contribution in [3.63, 3.8) is 0 Å². The molecular formula is C19H16F3N5. The predicted molar refractivity (Wildman–Crippen MR) is 97.4 cm³/mol. The molecule has 0 unspecified atom stereocenters. The number of nitrogens with zero attached hydrogens (tertiary/aromatic N) is 4. The zero-order valence-electron chi connectivity index (χ0n) is 14.4. The number of pyridine rings is 1. The van der Waals surface area contributed by atoms with Crippen molar-refractivity contribution in [2.45, 2.75) is 13.0 Å². The van der Waals surface area contributed by atoms with Crippen LogP contribution in [0.1, 0.15) is 0 Å². The number of fused-ring (bicyclic) bond motifs is 1. The van der Waals surface area contributed by atoms with Crippen molar-refractivity contribution in [1.82, 2.24) is 18.9 Å². The summed E-state index contributed by atoms with van der Waals surface area (Å²) in [7, 11) is 1.78. The molecule has 138 valence electrons. The fourth-order valence-electron chi connectivity index (χ4n) is 3.10. The molecule has 0 aliphatic carbocycles. The molecule has 8 heteroatoms. The first kappa shape index (κ1) is 17.1. The molecule has 1 N–H and O–H groups in total. The van der Waals surface area contributed by atoms with E-state index in [0.29, 0.717) is 22.5 Å². The first-order chi connectivity index (χ1) is 13.1. The number of alkyl halides is 2. The van der Waals surface area contributed by atoms with Gasteiger partial charge < -0.3 is 9.88 Å². The molecule has 1 aromatic carbocycles. The molecule has 0 atom stereocenters. The summed E-state index contributed by atoms with van der Waals surface area (Å²) in [6.45, 7) is -0.482. The Morgan fingerprint density at radius 1 is 1.04 bits per heavy atom. The Labute approximate surface area is 153 Å². The van der Waals surface area contributed by atoms with E-state index in [4.69, 9.17) is 0 Å². The molecule has 3 heterocycles. The van der Waals surface area contributed by atoms with Gasteiger partial charge in [0.25, 0.3) is 6.43 Å². The molecule has 4 rings (SSSR count). The summed E-state index contributed by atoms with van der Waals surface area (Å²) in [5.41, 5.74) is 3.14. The lowest BCUT2D eigenvalue weighted by Crippen LogP contribution is -2.07. The highest BCUT2D eigenvalue weighted by atomic mass is 19.3. The average molecular weight is 371 g/mol. The topological polar surface area (TPSA) is 47.2 Å². The second-order valence-electron chi connectivity index (χ2n) is 6.03. The normalized spacial score (nSPS) is 11.4. The predicted octanol–water partition coefficient (Wildman–Crippen LogP) is 4.31. The molecule has 4 aromatic rings. The summed E-state index contributed by atoms with van der Waals surface area (Å²) in [6.07, 6.45) is 2.37. The largest absolute Gasteiger partial charge is 0.373 e. The second kappa shape index (κ2) is 6.79. The van der Waals surface area contributed by atoms with Gasteiger partial charge in [-0.2, -0.15) is 0 Å². The minimum atomic E-state index is -2.52. The maximum Gasteiger partial charge on any atom is 0.256 e. The Balaban J connectivity index is 1.91. The first-order valence-corrected chi connectivity index (χ1v) is 8.31. The fourth-order valence-corrected chi connectivity index (χ4v) is 3.10. The van der Waals surface area contributed by atoms with Crippen molar-refractivity contribution in [1.29, 1.82) is 0 Å². The highest BCUT2D eigenvalue weighted by molar-refractivity contribution is 5.79. The minimum Gasteiger partial charge on any atom is -0.373 e. The van der Waals surface area contributed by atoms with Crippen LogP contribution in [0.25, 0.3) is 28.2 Å². The number of benzene rings is 1. The summed E-state index contributed by atoms with van der Waals surface area (Å²) in [5, 5.41) is 3.04. The standard InChI is InChI=1S/C19H16F3N5/c1-23-17-8-24-16-7-4-13(9-27(16)17)19-18(12-2-5-14(20)6-3-12)25-11-26(19)10-15(21)22/h2-9,11,15,23H,10H2,1H3. The number of hydrogen-bond acceptors (Lipinski definition) is 3. The molecule has 0 saturated heterocycles. The lowest BCUT2D eigenvalue weighted by atomic mass is 10.1. The summed E-state index contributed by atoms with van der Waals surface area (Å²) < 4.78 is 42.7. The number of imidazole rings is 2. The van der Waals surface area contributed by atoms with Crippen LogP contribution in [0.4, 0.5) is 19.0 Å².